The number of amides is 6. The molecule has 2 aliphatic heterocycles. The lowest BCUT2D eigenvalue weighted by atomic mass is 9.78. The Bertz CT molecular complexity index is 3720. The summed E-state index contributed by atoms with van der Waals surface area (Å²) in [6.45, 7) is 5.07. The first-order chi connectivity index (χ1) is 53.7. The van der Waals surface area contributed by atoms with Crippen LogP contribution in [0.3, 0.4) is 0 Å². The molecule has 1 unspecified atom stereocenters. The number of carboxylic acid groups (broad SMARTS) is 5. The third kappa shape index (κ3) is 35.4. The third-order valence-electron chi connectivity index (χ3n) is 18.5. The quantitative estimate of drug-likeness (QED) is 0.0161. The SMILES string of the molecule is CC(C)Cc1ccc(CC(=O)NCCCC[C@H](NC(=O)[C@H](CCCCNC(=S)Nc2ccc(CC3CN(CC(=O)O)CCN(CC(=O)O)CCN(CC(=O)O)CCN3CC(=O)O)cc2)NC(=O)CCOCCOCCOCCNC(=O)COc2ccc3c(C(=O)NCC(=O)N4CCC[C@H]4B(O)O)ccnc3c2)C(=O)O)cc1. The number of carboxylic acids is 5. The molecule has 0 aliphatic carbocycles. The molecule has 0 radical (unpaired) electrons. The van der Waals surface area contributed by atoms with Gasteiger partial charge < -0.3 is 96.6 Å². The smallest absolute Gasteiger partial charge is 0.475 e. The molecule has 0 spiro atoms. The van der Waals surface area contributed by atoms with Crippen LogP contribution in [-0.4, -0.2) is 318 Å². The van der Waals surface area contributed by atoms with E-state index in [4.69, 9.17) is 31.2 Å². The Balaban J connectivity index is 0.925. The lowest BCUT2D eigenvalue weighted by Crippen LogP contribution is -2.53. The highest BCUT2D eigenvalue weighted by atomic mass is 32.1. The van der Waals surface area contributed by atoms with E-state index in [9.17, 15) is 88.3 Å². The first kappa shape index (κ1) is 91.3. The number of benzene rings is 3. The number of anilines is 1. The number of nitrogens with one attached hydrogen (secondary N) is 7. The van der Waals surface area contributed by atoms with Crippen LogP contribution in [0, 0.1) is 5.92 Å². The van der Waals surface area contributed by atoms with E-state index in [0.717, 1.165) is 17.5 Å². The molecule has 614 valence electrons. The predicted octanol–water partition coefficient (Wildman–Crippen LogP) is 0.312. The molecule has 112 heavy (non-hydrogen) atoms. The fourth-order valence-electron chi connectivity index (χ4n) is 12.8. The number of rotatable bonds is 48. The Hall–Kier alpha value is -9.57. The van der Waals surface area contributed by atoms with Crippen molar-refractivity contribution >= 4 is 106 Å². The van der Waals surface area contributed by atoms with Crippen LogP contribution in [0.25, 0.3) is 10.9 Å². The Labute approximate surface area is 656 Å². The number of carbonyl (C=O) groups excluding carboxylic acids is 6. The number of hydrogen-bond donors (Lipinski definition) is 14. The van der Waals surface area contributed by atoms with Crippen molar-refractivity contribution in [1.29, 1.82) is 0 Å². The van der Waals surface area contributed by atoms with E-state index >= 15 is 0 Å². The molecule has 1 aromatic heterocycles. The maximum absolute atomic E-state index is 13.9. The zero-order valence-electron chi connectivity index (χ0n) is 63.6. The van der Waals surface area contributed by atoms with E-state index in [-0.39, 0.29) is 167 Å². The lowest BCUT2D eigenvalue weighted by molar-refractivity contribution is -0.142. The first-order valence-electron chi connectivity index (χ1n) is 37.7. The highest BCUT2D eigenvalue weighted by Crippen LogP contribution is 2.24. The van der Waals surface area contributed by atoms with Gasteiger partial charge in [-0.1, -0.05) is 50.2 Å². The summed E-state index contributed by atoms with van der Waals surface area (Å²) in [6, 6.07) is 18.3. The minimum Gasteiger partial charge on any atom is -0.484 e. The second-order valence-electron chi connectivity index (χ2n) is 27.9. The summed E-state index contributed by atoms with van der Waals surface area (Å²) in [5.74, 6) is -8.43. The van der Waals surface area contributed by atoms with Crippen molar-refractivity contribution < 1.29 is 107 Å². The number of aromatic nitrogens is 1. The van der Waals surface area contributed by atoms with Crippen LogP contribution >= 0.6 is 12.2 Å². The van der Waals surface area contributed by atoms with E-state index in [1.807, 2.05) is 24.3 Å². The summed E-state index contributed by atoms with van der Waals surface area (Å²) in [5.41, 5.74) is 4.08. The molecule has 35 nitrogen and oxygen atoms in total. The van der Waals surface area contributed by atoms with Gasteiger partial charge in [0.2, 0.25) is 23.6 Å². The van der Waals surface area contributed by atoms with Gasteiger partial charge >= 0.3 is 37.0 Å². The maximum atomic E-state index is 13.9. The number of hydrogen-bond acceptors (Lipinski definition) is 23. The fraction of sp³-hybridized carbons (Fsp3) is 0.560. The van der Waals surface area contributed by atoms with E-state index < -0.39 is 104 Å². The summed E-state index contributed by atoms with van der Waals surface area (Å²) in [7, 11) is -1.67. The van der Waals surface area contributed by atoms with Gasteiger partial charge in [0.05, 0.1) is 95.8 Å². The van der Waals surface area contributed by atoms with E-state index in [0.29, 0.717) is 86.4 Å². The molecule has 6 rings (SSSR count). The highest BCUT2D eigenvalue weighted by molar-refractivity contribution is 7.80. The normalized spacial score (nSPS) is 15.9. The number of carbonyl (C=O) groups is 11. The Morgan fingerprint density at radius 1 is 0.589 bits per heavy atom. The van der Waals surface area contributed by atoms with Crippen molar-refractivity contribution in [3.63, 3.8) is 0 Å². The number of pyridine rings is 1. The third-order valence-corrected chi connectivity index (χ3v) is 18.7. The fourth-order valence-corrected chi connectivity index (χ4v) is 13.1. The monoisotopic (exact) mass is 1590 g/mol. The van der Waals surface area contributed by atoms with Crippen LogP contribution < -0.4 is 42.0 Å². The predicted molar refractivity (Wildman–Crippen MR) is 415 cm³/mol. The van der Waals surface area contributed by atoms with Crippen LogP contribution in [0.2, 0.25) is 0 Å². The maximum Gasteiger partial charge on any atom is 0.475 e. The average molecular weight is 1590 g/mol. The molecule has 14 N–H and O–H groups in total. The summed E-state index contributed by atoms with van der Waals surface area (Å²) in [4.78, 5) is 151. The van der Waals surface area contributed by atoms with Crippen LogP contribution in [0.4, 0.5) is 5.69 Å². The minimum atomic E-state index is -1.67. The number of unbranched alkanes of at least 4 members (excludes halogenated alkanes) is 2. The molecule has 2 saturated heterocycles. The average Bonchev–Trinajstić information content (AvgIpc) is 0.889. The van der Waals surface area contributed by atoms with Gasteiger partial charge in [-0.15, -0.1) is 0 Å². The molecule has 4 aromatic rings. The molecule has 2 aliphatic rings. The molecular formula is C75H108BN13O22S. The van der Waals surface area contributed by atoms with Crippen molar-refractivity contribution in [3.8, 4) is 5.75 Å². The minimum absolute atomic E-state index is 0.0320. The van der Waals surface area contributed by atoms with Gasteiger partial charge in [0, 0.05) is 108 Å². The zero-order valence-corrected chi connectivity index (χ0v) is 64.4. The van der Waals surface area contributed by atoms with Crippen molar-refractivity contribution in [3.05, 3.63) is 101 Å². The largest absolute Gasteiger partial charge is 0.484 e. The van der Waals surface area contributed by atoms with Gasteiger partial charge in [-0.25, -0.2) is 4.79 Å². The Morgan fingerprint density at radius 3 is 1.80 bits per heavy atom. The van der Waals surface area contributed by atoms with Crippen LogP contribution in [0.1, 0.15) is 98.7 Å². The number of aliphatic carboxylic acids is 5. The lowest BCUT2D eigenvalue weighted by Gasteiger charge is -2.37. The van der Waals surface area contributed by atoms with Crippen molar-refractivity contribution in [2.24, 2.45) is 5.92 Å². The molecule has 2 fully saturated rings. The number of fused-ring (bicyclic) bond motifs is 1. The first-order valence-corrected chi connectivity index (χ1v) is 38.1. The zero-order chi connectivity index (χ0) is 81.3. The summed E-state index contributed by atoms with van der Waals surface area (Å²) >= 11 is 5.61. The molecule has 0 bridgehead atoms. The van der Waals surface area contributed by atoms with Gasteiger partial charge in [-0.05, 0) is 129 Å². The topological polar surface area (TPSA) is 480 Å². The van der Waals surface area contributed by atoms with Crippen LogP contribution in [0.15, 0.2) is 79.0 Å². The second kappa shape index (κ2) is 49.7. The van der Waals surface area contributed by atoms with Gasteiger partial charge in [0.15, 0.2) is 11.7 Å². The highest BCUT2D eigenvalue weighted by Gasteiger charge is 2.37. The van der Waals surface area contributed by atoms with Gasteiger partial charge in [-0.2, -0.15) is 0 Å². The van der Waals surface area contributed by atoms with E-state index in [2.05, 4.69) is 56.0 Å². The van der Waals surface area contributed by atoms with Crippen molar-refractivity contribution in [1.82, 2.24) is 61.4 Å². The number of ether oxygens (including phenoxy) is 4. The summed E-state index contributed by atoms with van der Waals surface area (Å²) in [6.07, 6.45) is 5.53. The summed E-state index contributed by atoms with van der Waals surface area (Å²) < 4.78 is 22.4. The molecule has 6 amide bonds. The second-order valence-corrected chi connectivity index (χ2v) is 28.3. The van der Waals surface area contributed by atoms with Crippen molar-refractivity contribution in [2.45, 2.75) is 115 Å². The molecular weight excluding hydrogens is 1480 g/mol. The summed E-state index contributed by atoms with van der Waals surface area (Å²) in [5, 5.41) is 89.0. The van der Waals surface area contributed by atoms with Gasteiger partial charge in [0.25, 0.3) is 11.8 Å². The molecule has 3 heterocycles. The van der Waals surface area contributed by atoms with Gasteiger partial charge in [0.1, 0.15) is 17.8 Å². The van der Waals surface area contributed by atoms with E-state index in [1.165, 1.54) is 22.7 Å². The number of nitrogens with zero attached hydrogens (tertiary/aromatic N) is 6. The van der Waals surface area contributed by atoms with E-state index in [1.54, 1.807) is 62.1 Å². The molecule has 4 atom stereocenters. The van der Waals surface area contributed by atoms with Crippen molar-refractivity contribution in [2.75, 3.05) is 156 Å². The van der Waals surface area contributed by atoms with Crippen LogP contribution in [0.5, 0.6) is 5.75 Å². The molecule has 0 saturated carbocycles. The molecule has 3 aromatic carbocycles. The Morgan fingerprint density at radius 2 is 1.17 bits per heavy atom. The number of likely N-dealkylation sites (tertiary alicyclic amines) is 1. The Kier molecular flexibility index (Phi) is 40.5. The van der Waals surface area contributed by atoms with Crippen LogP contribution in [-0.2, 0) is 81.4 Å². The number of thiocarbonyl (C=S) groups is 1. The molecule has 37 heteroatoms. The van der Waals surface area contributed by atoms with Gasteiger partial charge in [-0.3, -0.25) is 72.5 Å². The standard InChI is InChI=1S/C75H108BN13O22S/c1-51(2)40-52-11-13-54(14-12-52)42-65(91)78-23-5-4-9-61(74(104)105)84-73(103)60(8-3-6-24-80-75(112)82-55-17-15-53(16-18-55)41-56-45-87(48-70(98)99)31-30-85(46-68(94)95)28-29-86(47-69(96)97)32-33-88(56)49-71(100)101)83-64(90)22-34-108-36-38-110-39-37-109-35-26-79-66(92)50-111-57-19-20-58-59(21-25-77-62(58)43-57)72(102)81-44-67(93)89-27-7-10-63(89)76(106)107/h11-21,25,43,51,56,60-61,63,106-107H,3-10,22-24,26-42,44-50H2,1-2H3,(H,78,91)(H,79,92)(H,81,102)(H,83,90)(H,84,103)(H,94,95)(H,96,97)(H,98,99)(H,100,101)(H,104,105)(H2,80,82,112)/t56?,60-,61-,63-/m0/s1.